The molecule has 4 aliphatic carbocycles. The number of carbonyl (C=O) groups excluding carboxylic acids is 1. The average Bonchev–Trinajstić information content (AvgIpc) is 2.73. The largest absolute Gasteiger partial charge is 0.465 e. The molecule has 6 rings (SSSR count). The molecule has 0 unspecified atom stereocenters. The van der Waals surface area contributed by atoms with Gasteiger partial charge in [0.05, 0.1) is 12.7 Å². The third-order valence-corrected chi connectivity index (χ3v) is 8.80. The lowest BCUT2D eigenvalue weighted by molar-refractivity contribution is -0.250. The molecule has 4 nitrogen and oxygen atoms in total. The highest BCUT2D eigenvalue weighted by Crippen LogP contribution is 2.79. The van der Waals surface area contributed by atoms with Crippen LogP contribution in [0.3, 0.4) is 0 Å². The second-order valence-corrected chi connectivity index (χ2v) is 11.7. The first-order valence-corrected chi connectivity index (χ1v) is 12.3. The van der Waals surface area contributed by atoms with Crippen LogP contribution in [-0.2, 0) is 4.74 Å². The van der Waals surface area contributed by atoms with Crippen LogP contribution in [-0.4, -0.2) is 57.1 Å². The summed E-state index contributed by atoms with van der Waals surface area (Å²) in [6.45, 7) is 9.55. The van der Waals surface area contributed by atoms with Crippen molar-refractivity contribution in [2.45, 2.75) is 58.8 Å². The number of esters is 1. The number of hydrogen-bond acceptors (Lipinski definition) is 4. The molecule has 4 fully saturated rings. The van der Waals surface area contributed by atoms with Gasteiger partial charge in [0.2, 0.25) is 6.43 Å². The number of anilines is 1. The quantitative estimate of drug-likeness (QED) is 0.414. The van der Waals surface area contributed by atoms with Crippen molar-refractivity contribution in [2.75, 3.05) is 44.7 Å². The van der Waals surface area contributed by atoms with Crippen molar-refractivity contribution in [2.24, 2.45) is 16.2 Å². The van der Waals surface area contributed by atoms with Crippen LogP contribution in [0.1, 0.15) is 62.7 Å². The maximum absolute atomic E-state index is 13.5. The van der Waals surface area contributed by atoms with Crippen molar-refractivity contribution >= 4 is 11.7 Å². The van der Waals surface area contributed by atoms with Crippen molar-refractivity contribution in [3.63, 3.8) is 0 Å². The summed E-state index contributed by atoms with van der Waals surface area (Å²) in [5.41, 5.74) is 4.51. The van der Waals surface area contributed by atoms with Crippen molar-refractivity contribution in [3.05, 3.63) is 41.0 Å². The third kappa shape index (κ3) is 3.98. The lowest BCUT2D eigenvalue weighted by Gasteiger charge is -2.72. The number of piperazine rings is 1. The second kappa shape index (κ2) is 8.07. The van der Waals surface area contributed by atoms with E-state index in [4.69, 9.17) is 4.74 Å². The van der Waals surface area contributed by atoms with E-state index in [9.17, 15) is 13.6 Å². The lowest BCUT2D eigenvalue weighted by Crippen LogP contribution is -2.66. The van der Waals surface area contributed by atoms with Gasteiger partial charge in [-0.15, -0.1) is 0 Å². The molecule has 5 aliphatic rings. The van der Waals surface area contributed by atoms with E-state index in [2.05, 4.69) is 23.6 Å². The zero-order chi connectivity index (χ0) is 23.4. The van der Waals surface area contributed by atoms with Crippen molar-refractivity contribution in [1.82, 2.24) is 4.90 Å². The Balaban J connectivity index is 1.23. The zero-order valence-corrected chi connectivity index (χ0v) is 20.1. The summed E-state index contributed by atoms with van der Waals surface area (Å²) < 4.78 is 31.7. The Kier molecular flexibility index (Phi) is 5.58. The van der Waals surface area contributed by atoms with Crippen LogP contribution in [0.15, 0.2) is 35.4 Å². The van der Waals surface area contributed by atoms with Gasteiger partial charge in [0.25, 0.3) is 0 Å². The molecule has 1 aromatic carbocycles. The number of rotatable bonds is 6. The van der Waals surface area contributed by atoms with Gasteiger partial charge in [-0.3, -0.25) is 4.90 Å². The number of methoxy groups -OCH3 is 1. The highest BCUT2D eigenvalue weighted by molar-refractivity contribution is 5.89. The number of halogens is 2. The van der Waals surface area contributed by atoms with Crippen LogP contribution in [0.2, 0.25) is 0 Å². The van der Waals surface area contributed by atoms with E-state index in [0.29, 0.717) is 24.8 Å². The van der Waals surface area contributed by atoms with Gasteiger partial charge in [-0.25, -0.2) is 13.6 Å². The van der Waals surface area contributed by atoms with Gasteiger partial charge in [0.15, 0.2) is 0 Å². The molecule has 6 heteroatoms. The molecule has 180 valence electrons. The molecule has 1 saturated heterocycles. The van der Waals surface area contributed by atoms with Crippen LogP contribution < -0.4 is 4.90 Å². The van der Waals surface area contributed by atoms with E-state index >= 15 is 0 Å². The van der Waals surface area contributed by atoms with E-state index in [1.165, 1.54) is 13.5 Å². The minimum absolute atomic E-state index is 0.0899. The van der Waals surface area contributed by atoms with Crippen molar-refractivity contribution < 1.29 is 18.3 Å². The monoisotopic (exact) mass is 458 g/mol. The fourth-order valence-electron chi connectivity index (χ4n) is 6.85. The number of ether oxygens (including phenoxy) is 1. The molecule has 3 saturated carbocycles. The fraction of sp³-hybridized carbons (Fsp3) is 0.667. The number of hydrogen-bond donors (Lipinski definition) is 0. The van der Waals surface area contributed by atoms with Gasteiger partial charge in [0, 0.05) is 43.8 Å². The van der Waals surface area contributed by atoms with Crippen molar-refractivity contribution in [3.8, 4) is 0 Å². The van der Waals surface area contributed by atoms with Gasteiger partial charge in [-0.2, -0.15) is 0 Å². The summed E-state index contributed by atoms with van der Waals surface area (Å²) >= 11 is 0. The number of benzene rings is 1. The fourth-order valence-corrected chi connectivity index (χ4v) is 6.85. The number of alkyl halides is 2. The number of allylic oxidation sites excluding steroid dienone is 1. The summed E-state index contributed by atoms with van der Waals surface area (Å²) in [5.74, 6) is -0.311. The Morgan fingerprint density at radius 2 is 1.70 bits per heavy atom. The van der Waals surface area contributed by atoms with Crippen LogP contribution in [0.4, 0.5) is 14.5 Å². The first-order chi connectivity index (χ1) is 15.7. The molecular formula is C27H36F2N2O2. The van der Waals surface area contributed by atoms with Crippen molar-refractivity contribution in [1.29, 1.82) is 0 Å². The van der Waals surface area contributed by atoms with E-state index < -0.39 is 11.8 Å². The summed E-state index contributed by atoms with van der Waals surface area (Å²) in [6, 6.07) is 7.63. The average molecular weight is 459 g/mol. The second-order valence-electron chi connectivity index (χ2n) is 11.7. The minimum atomic E-state index is -2.16. The molecule has 0 atom stereocenters. The predicted molar refractivity (Wildman–Crippen MR) is 126 cm³/mol. The van der Waals surface area contributed by atoms with Gasteiger partial charge in [-0.1, -0.05) is 25.0 Å². The summed E-state index contributed by atoms with van der Waals surface area (Å²) in [5, 5.41) is 0. The minimum Gasteiger partial charge on any atom is -0.465 e. The number of carbonyl (C=O) groups is 1. The molecule has 1 heterocycles. The standard InChI is InChI=1S/C27H36F2N2O2/c1-25(2)9-8-20(22(14-25)26-16-27(17-26,18-26)24(28)29)15-30-10-12-31(13-11-30)21-6-4-19(5-7-21)23(32)33-3/h4-7,24H,8-18H2,1-3H3. The molecule has 0 spiro atoms. The van der Waals surface area contributed by atoms with Gasteiger partial charge >= 0.3 is 5.97 Å². The first kappa shape index (κ1) is 22.8. The summed E-state index contributed by atoms with van der Waals surface area (Å²) in [4.78, 5) is 16.6. The highest BCUT2D eigenvalue weighted by atomic mass is 19.3. The normalized spacial score (nSPS) is 31.3. The molecule has 1 aliphatic heterocycles. The summed E-state index contributed by atoms with van der Waals surface area (Å²) in [6.07, 6.45) is 3.35. The van der Waals surface area contributed by atoms with Crippen LogP contribution in [0.25, 0.3) is 0 Å². The molecule has 0 amide bonds. The van der Waals surface area contributed by atoms with Gasteiger partial charge in [-0.05, 0) is 73.6 Å². The SMILES string of the molecule is COC(=O)c1ccc(N2CCN(CC3=C(C45CC(C(F)F)(C4)C5)CC(C)(C)CC3)CC2)cc1. The zero-order valence-electron chi connectivity index (χ0n) is 20.1. The lowest BCUT2D eigenvalue weighted by atomic mass is 9.32. The van der Waals surface area contributed by atoms with Crippen LogP contribution >= 0.6 is 0 Å². The molecule has 2 bridgehead atoms. The topological polar surface area (TPSA) is 32.8 Å². The van der Waals surface area contributed by atoms with Gasteiger partial charge < -0.3 is 9.64 Å². The molecular weight excluding hydrogens is 422 g/mol. The number of nitrogens with zero attached hydrogens (tertiary/aromatic N) is 2. The maximum atomic E-state index is 13.5. The Labute approximate surface area is 196 Å². The first-order valence-electron chi connectivity index (χ1n) is 12.3. The van der Waals surface area contributed by atoms with Crippen LogP contribution in [0.5, 0.6) is 0 Å². The molecule has 1 aromatic rings. The molecule has 0 N–H and O–H groups in total. The van der Waals surface area contributed by atoms with E-state index in [1.807, 2.05) is 24.3 Å². The van der Waals surface area contributed by atoms with E-state index in [1.54, 1.807) is 11.1 Å². The Morgan fingerprint density at radius 3 is 2.27 bits per heavy atom. The van der Waals surface area contributed by atoms with E-state index in [-0.39, 0.29) is 16.8 Å². The Morgan fingerprint density at radius 1 is 1.06 bits per heavy atom. The molecule has 33 heavy (non-hydrogen) atoms. The summed E-state index contributed by atoms with van der Waals surface area (Å²) in [7, 11) is 1.40. The smallest absolute Gasteiger partial charge is 0.337 e. The molecule has 0 radical (unpaired) electrons. The molecule has 0 aromatic heterocycles. The van der Waals surface area contributed by atoms with E-state index in [0.717, 1.165) is 51.3 Å². The Hall–Kier alpha value is -1.95. The highest BCUT2D eigenvalue weighted by Gasteiger charge is 2.73. The van der Waals surface area contributed by atoms with Crippen LogP contribution in [0, 0.1) is 16.2 Å². The van der Waals surface area contributed by atoms with Gasteiger partial charge in [0.1, 0.15) is 0 Å². The Bertz CT molecular complexity index is 926. The maximum Gasteiger partial charge on any atom is 0.337 e. The predicted octanol–water partition coefficient (Wildman–Crippen LogP) is 5.54. The third-order valence-electron chi connectivity index (χ3n) is 8.80.